The van der Waals surface area contributed by atoms with Gasteiger partial charge in [0.05, 0.1) is 5.56 Å². The highest BCUT2D eigenvalue weighted by Crippen LogP contribution is 2.33. The Morgan fingerprint density at radius 2 is 1.86 bits per heavy atom. The van der Waals surface area contributed by atoms with Crippen LogP contribution in [-0.2, 0) is 11.0 Å². The minimum Gasteiger partial charge on any atom is -0.382 e. The Bertz CT molecular complexity index is 1640. The lowest BCUT2D eigenvalue weighted by Crippen LogP contribution is -2.30. The number of carbonyl (C=O) groups excluding carboxylic acids is 3. The summed E-state index contributed by atoms with van der Waals surface area (Å²) in [6.07, 6.45) is 0.170. The van der Waals surface area contributed by atoms with E-state index < -0.39 is 17.9 Å². The van der Waals surface area contributed by atoms with Crippen molar-refractivity contribution >= 4 is 40.7 Å². The zero-order chi connectivity index (χ0) is 29.9. The average molecular weight is 582 g/mol. The van der Waals surface area contributed by atoms with Crippen LogP contribution in [0.5, 0.6) is 0 Å². The van der Waals surface area contributed by atoms with Gasteiger partial charge in [0.2, 0.25) is 5.91 Å². The van der Waals surface area contributed by atoms with E-state index >= 15 is 0 Å². The maximum Gasteiger partial charge on any atom is 0.433 e. The van der Waals surface area contributed by atoms with Crippen molar-refractivity contribution in [2.45, 2.75) is 25.4 Å². The second-order valence-electron chi connectivity index (χ2n) is 9.51. The Morgan fingerprint density at radius 3 is 2.57 bits per heavy atom. The molecule has 1 aromatic carbocycles. The number of nitrogens with two attached hydrogens (primary N) is 1. The van der Waals surface area contributed by atoms with Crippen LogP contribution in [0.15, 0.2) is 55.0 Å². The minimum absolute atomic E-state index is 0.124. The molecular weight excluding hydrogens is 555 g/mol. The fourth-order valence-corrected chi connectivity index (χ4v) is 4.67. The van der Waals surface area contributed by atoms with Crippen molar-refractivity contribution in [2.75, 3.05) is 36.0 Å². The maximum absolute atomic E-state index is 13.2. The zero-order valence-corrected chi connectivity index (χ0v) is 22.1. The molecule has 4 heterocycles. The summed E-state index contributed by atoms with van der Waals surface area (Å²) < 4.78 is 40.2. The Kier molecular flexibility index (Phi) is 7.91. The number of nitrogens with one attached hydrogen (secondary N) is 3. The number of alkyl halides is 3. The van der Waals surface area contributed by atoms with Crippen molar-refractivity contribution in [1.29, 1.82) is 0 Å². The lowest BCUT2D eigenvalue weighted by atomic mass is 10.0. The second kappa shape index (κ2) is 11.7. The summed E-state index contributed by atoms with van der Waals surface area (Å²) in [6.45, 7) is 1.65. The highest BCUT2D eigenvalue weighted by atomic mass is 19.4. The van der Waals surface area contributed by atoms with Gasteiger partial charge in [-0.15, -0.1) is 0 Å². The average Bonchev–Trinajstić information content (AvgIpc) is 3.55. The number of urea groups is 1. The first-order valence-corrected chi connectivity index (χ1v) is 13.0. The summed E-state index contributed by atoms with van der Waals surface area (Å²) in [5.74, 6) is -0.351. The van der Waals surface area contributed by atoms with Crippen molar-refractivity contribution in [2.24, 2.45) is 0 Å². The number of nitrogen functional groups attached to an aromatic ring is 1. The van der Waals surface area contributed by atoms with Gasteiger partial charge in [0.25, 0.3) is 5.91 Å². The third kappa shape index (κ3) is 6.24. The Hall–Kier alpha value is -5.21. The fraction of sp³-hybridized carbons (Fsp3) is 0.259. The molecule has 1 fully saturated rings. The Labute approximate surface area is 237 Å². The van der Waals surface area contributed by atoms with Crippen molar-refractivity contribution in [3.05, 3.63) is 66.2 Å². The molecule has 42 heavy (non-hydrogen) atoms. The van der Waals surface area contributed by atoms with E-state index in [1.165, 1.54) is 16.9 Å². The van der Waals surface area contributed by atoms with Crippen LogP contribution in [0.1, 0.15) is 35.3 Å². The number of hydrogen-bond donors (Lipinski definition) is 4. The Morgan fingerprint density at radius 1 is 1.07 bits per heavy atom. The van der Waals surface area contributed by atoms with Gasteiger partial charge in [-0.1, -0.05) is 18.2 Å². The van der Waals surface area contributed by atoms with E-state index in [2.05, 4.69) is 31.0 Å². The van der Waals surface area contributed by atoms with Gasteiger partial charge >= 0.3 is 12.2 Å². The van der Waals surface area contributed by atoms with Gasteiger partial charge in [0.15, 0.2) is 5.82 Å². The maximum atomic E-state index is 13.2. The van der Waals surface area contributed by atoms with E-state index in [0.29, 0.717) is 53.8 Å². The number of amides is 4. The minimum atomic E-state index is -4.65. The van der Waals surface area contributed by atoms with E-state index in [1.54, 1.807) is 35.4 Å². The van der Waals surface area contributed by atoms with Crippen molar-refractivity contribution in [3.63, 3.8) is 0 Å². The van der Waals surface area contributed by atoms with E-state index in [-0.39, 0.29) is 23.5 Å². The molecule has 218 valence electrons. The first kappa shape index (κ1) is 28.3. The molecule has 3 aromatic heterocycles. The van der Waals surface area contributed by atoms with E-state index in [1.807, 2.05) is 0 Å². The fourth-order valence-electron chi connectivity index (χ4n) is 4.67. The molecule has 15 heteroatoms. The number of halogens is 3. The summed E-state index contributed by atoms with van der Waals surface area (Å²) >= 11 is 0. The molecule has 0 spiro atoms. The molecule has 0 unspecified atom stereocenters. The normalized spacial score (nSPS) is 13.4. The molecule has 5 N–H and O–H groups in total. The third-order valence-corrected chi connectivity index (χ3v) is 6.62. The molecule has 4 aromatic rings. The summed E-state index contributed by atoms with van der Waals surface area (Å²) in [7, 11) is 0. The lowest BCUT2D eigenvalue weighted by Gasteiger charge is -2.15. The van der Waals surface area contributed by atoms with Crippen molar-refractivity contribution < 1.29 is 27.6 Å². The van der Waals surface area contributed by atoms with Crippen LogP contribution in [0.3, 0.4) is 0 Å². The van der Waals surface area contributed by atoms with Crippen LogP contribution in [-0.4, -0.2) is 62.0 Å². The number of fused-ring (bicyclic) bond motifs is 1. The highest BCUT2D eigenvalue weighted by molar-refractivity contribution is 6.07. The number of rotatable bonds is 8. The molecule has 0 bridgehead atoms. The zero-order valence-electron chi connectivity index (χ0n) is 22.1. The van der Waals surface area contributed by atoms with Crippen LogP contribution >= 0.6 is 0 Å². The number of anilines is 3. The van der Waals surface area contributed by atoms with Crippen LogP contribution in [0.2, 0.25) is 0 Å². The summed E-state index contributed by atoms with van der Waals surface area (Å²) in [5.41, 5.74) is 7.11. The molecule has 5 rings (SSSR count). The molecule has 0 atom stereocenters. The monoisotopic (exact) mass is 581 g/mol. The van der Waals surface area contributed by atoms with Crippen LogP contribution < -0.4 is 21.7 Å². The topological polar surface area (TPSA) is 160 Å². The third-order valence-electron chi connectivity index (χ3n) is 6.62. The number of hydrogen-bond acceptors (Lipinski definition) is 7. The molecule has 4 amide bonds. The second-order valence-corrected chi connectivity index (χ2v) is 9.51. The number of nitrogens with zero attached hydrogens (tertiary/aromatic N) is 5. The standard InChI is InChI=1S/C27H26F3N9O3/c28-27(29,30)19-4-1-5-20(36-19)37-26(42)35-17-9-7-16(8-10-17)22-18(14-39-23(22)24(31)33-15-34-39)25(41)32-11-3-13-38-12-2-6-21(38)40/h1,4-5,7-10,14-15H,2-3,6,11-13H2,(H,32,41)(H2,31,33,34)(H2,35,36,37,42). The van der Waals surface area contributed by atoms with Gasteiger partial charge < -0.3 is 21.3 Å². The van der Waals surface area contributed by atoms with Crippen LogP contribution in [0, 0.1) is 0 Å². The number of likely N-dealkylation sites (tertiary alicyclic amines) is 1. The van der Waals surface area contributed by atoms with Crippen LogP contribution in [0.4, 0.5) is 35.3 Å². The van der Waals surface area contributed by atoms with Gasteiger partial charge in [0.1, 0.15) is 23.4 Å². The molecule has 1 aliphatic heterocycles. The molecule has 0 saturated carbocycles. The van der Waals surface area contributed by atoms with Crippen LogP contribution in [0.25, 0.3) is 16.6 Å². The van der Waals surface area contributed by atoms with Gasteiger partial charge in [-0.25, -0.2) is 19.3 Å². The molecule has 12 nitrogen and oxygen atoms in total. The first-order chi connectivity index (χ1) is 20.1. The lowest BCUT2D eigenvalue weighted by molar-refractivity contribution is -0.141. The predicted molar refractivity (Wildman–Crippen MR) is 147 cm³/mol. The van der Waals surface area contributed by atoms with E-state index in [9.17, 15) is 27.6 Å². The number of aromatic nitrogens is 4. The van der Waals surface area contributed by atoms with Gasteiger partial charge in [-0.05, 0) is 42.7 Å². The smallest absolute Gasteiger partial charge is 0.382 e. The number of carbonyl (C=O) groups is 3. The summed E-state index contributed by atoms with van der Waals surface area (Å²) in [5, 5.41) is 11.9. The number of pyridine rings is 1. The molecule has 1 saturated heterocycles. The predicted octanol–water partition coefficient (Wildman–Crippen LogP) is 3.78. The first-order valence-electron chi connectivity index (χ1n) is 13.0. The summed E-state index contributed by atoms with van der Waals surface area (Å²) in [4.78, 5) is 46.7. The Balaban J connectivity index is 1.30. The SMILES string of the molecule is Nc1ncnn2cc(C(=O)NCCCN3CCCC3=O)c(-c3ccc(NC(=O)Nc4cccc(C(F)(F)F)n4)cc3)c12. The molecule has 0 aliphatic carbocycles. The molecule has 1 aliphatic rings. The molecular formula is C27H26F3N9O3. The van der Waals surface area contributed by atoms with E-state index in [0.717, 1.165) is 25.1 Å². The van der Waals surface area contributed by atoms with E-state index in [4.69, 9.17) is 5.73 Å². The highest BCUT2D eigenvalue weighted by Gasteiger charge is 2.32. The largest absolute Gasteiger partial charge is 0.433 e. The summed E-state index contributed by atoms with van der Waals surface area (Å²) in [6, 6.07) is 8.81. The van der Waals surface area contributed by atoms with Crippen molar-refractivity contribution in [1.82, 2.24) is 29.8 Å². The van der Waals surface area contributed by atoms with Gasteiger partial charge in [-0.2, -0.15) is 18.3 Å². The molecule has 0 radical (unpaired) electrons. The quantitative estimate of drug-likeness (QED) is 0.231. The number of benzene rings is 1. The van der Waals surface area contributed by atoms with Gasteiger partial charge in [0, 0.05) is 43.5 Å². The van der Waals surface area contributed by atoms with Crippen molar-refractivity contribution in [3.8, 4) is 11.1 Å². The van der Waals surface area contributed by atoms with Gasteiger partial charge in [-0.3, -0.25) is 14.9 Å².